The van der Waals surface area contributed by atoms with E-state index >= 15 is 0 Å². The molecule has 0 atom stereocenters. The minimum absolute atomic E-state index is 0.412. The molecule has 0 amide bonds. The van der Waals surface area contributed by atoms with Crippen molar-refractivity contribution in [3.8, 4) is 22.6 Å². The summed E-state index contributed by atoms with van der Waals surface area (Å²) in [5.41, 5.74) is 4.25. The van der Waals surface area contributed by atoms with Crippen LogP contribution in [0.2, 0.25) is 0 Å². The molecule has 3 aromatic carbocycles. The first kappa shape index (κ1) is 24.2. The average molecular weight is 447 g/mol. The van der Waals surface area contributed by atoms with Crippen molar-refractivity contribution in [3.63, 3.8) is 0 Å². The zero-order valence-corrected chi connectivity index (χ0v) is 19.2. The van der Waals surface area contributed by atoms with Gasteiger partial charge in [0, 0.05) is 33.3 Å². The number of hydrogen-bond donors (Lipinski definition) is 0. The highest BCUT2D eigenvalue weighted by molar-refractivity contribution is 5.88. The molecule has 0 saturated heterocycles. The summed E-state index contributed by atoms with van der Waals surface area (Å²) in [5.74, 6) is 0.953. The third-order valence-electron chi connectivity index (χ3n) is 5.01. The summed E-state index contributed by atoms with van der Waals surface area (Å²) in [5, 5.41) is 0. The molecule has 0 aromatic heterocycles. The number of hydrogen-bond acceptors (Lipinski definition) is 5. The van der Waals surface area contributed by atoms with Crippen molar-refractivity contribution in [2.75, 3.05) is 34.0 Å². The van der Waals surface area contributed by atoms with Gasteiger partial charge in [0.15, 0.2) is 0 Å². The first-order valence-electron chi connectivity index (χ1n) is 11.0. The van der Waals surface area contributed by atoms with Crippen LogP contribution in [0.4, 0.5) is 0 Å². The topological polar surface area (TPSA) is 54.0 Å². The lowest BCUT2D eigenvalue weighted by atomic mass is 10.0. The predicted molar refractivity (Wildman–Crippen MR) is 131 cm³/mol. The van der Waals surface area contributed by atoms with Crippen LogP contribution in [-0.2, 0) is 20.7 Å². The Morgan fingerprint density at radius 3 is 1.97 bits per heavy atom. The molecule has 33 heavy (non-hydrogen) atoms. The van der Waals surface area contributed by atoms with E-state index in [9.17, 15) is 4.79 Å². The van der Waals surface area contributed by atoms with E-state index in [0.717, 1.165) is 40.8 Å². The molecule has 0 N–H and O–H groups in total. The third kappa shape index (κ3) is 8.22. The number of carbonyl (C=O) groups excluding carboxylic acids is 1. The smallest absolute Gasteiger partial charge is 0.336 e. The second kappa shape index (κ2) is 13.2. The molecular weight excluding hydrogens is 416 g/mol. The Morgan fingerprint density at radius 2 is 1.33 bits per heavy atom. The van der Waals surface area contributed by atoms with Crippen molar-refractivity contribution in [3.05, 3.63) is 90.0 Å². The molecule has 5 nitrogen and oxygen atoms in total. The van der Waals surface area contributed by atoms with E-state index in [1.54, 1.807) is 32.4 Å². The maximum absolute atomic E-state index is 12.1. The normalized spacial score (nSPS) is 11.0. The molecule has 3 aromatic rings. The first-order chi connectivity index (χ1) is 16.2. The molecule has 0 fully saturated rings. The number of rotatable bonds is 12. The van der Waals surface area contributed by atoms with Gasteiger partial charge in [0.25, 0.3) is 0 Å². The molecule has 0 heterocycles. The largest absolute Gasteiger partial charge is 0.494 e. The van der Waals surface area contributed by atoms with Crippen molar-refractivity contribution in [1.82, 2.24) is 0 Å². The predicted octanol–water partition coefficient (Wildman–Crippen LogP) is 5.58. The van der Waals surface area contributed by atoms with E-state index in [1.165, 1.54) is 6.08 Å². The lowest BCUT2D eigenvalue weighted by Gasteiger charge is -2.07. The number of carbonyl (C=O) groups is 1. The third-order valence-corrected chi connectivity index (χ3v) is 5.01. The maximum Gasteiger partial charge on any atom is 0.336 e. The molecule has 0 aliphatic heterocycles. The van der Waals surface area contributed by atoms with Gasteiger partial charge >= 0.3 is 5.97 Å². The van der Waals surface area contributed by atoms with Gasteiger partial charge in [0.05, 0.1) is 13.2 Å². The first-order valence-corrected chi connectivity index (χ1v) is 11.0. The minimum atomic E-state index is -0.412. The fourth-order valence-electron chi connectivity index (χ4n) is 3.18. The standard InChI is InChI=1S/C28H30O5/c1-30-19-3-20-32-26-15-11-25(12-16-26)24-9-4-22(5-10-24)8-17-28(29)33-27-13-6-23(7-14-27)18-21-31-2/h4-17H,3,18-21H2,1-2H3/b17-8+. The summed E-state index contributed by atoms with van der Waals surface area (Å²) in [6.45, 7) is 1.99. The van der Waals surface area contributed by atoms with Crippen LogP contribution < -0.4 is 9.47 Å². The van der Waals surface area contributed by atoms with Crippen molar-refractivity contribution < 1.29 is 23.7 Å². The lowest BCUT2D eigenvalue weighted by molar-refractivity contribution is -0.128. The Bertz CT molecular complexity index is 1010. The van der Waals surface area contributed by atoms with Gasteiger partial charge in [0.2, 0.25) is 0 Å². The molecule has 0 aliphatic rings. The summed E-state index contributed by atoms with van der Waals surface area (Å²) >= 11 is 0. The number of benzene rings is 3. The van der Waals surface area contributed by atoms with Crippen LogP contribution >= 0.6 is 0 Å². The maximum atomic E-state index is 12.1. The summed E-state index contributed by atoms with van der Waals surface area (Å²) in [6, 6.07) is 23.5. The molecule has 0 aliphatic carbocycles. The fourth-order valence-corrected chi connectivity index (χ4v) is 3.18. The Labute approximate surface area is 195 Å². The quantitative estimate of drug-likeness (QED) is 0.157. The molecule has 172 valence electrons. The van der Waals surface area contributed by atoms with Gasteiger partial charge in [-0.05, 0) is 59.0 Å². The summed E-state index contributed by atoms with van der Waals surface area (Å²) in [6.07, 6.45) is 4.87. The molecule has 0 unspecified atom stereocenters. The Morgan fingerprint density at radius 1 is 0.727 bits per heavy atom. The highest BCUT2D eigenvalue weighted by atomic mass is 16.5. The second-order valence-corrected chi connectivity index (χ2v) is 7.48. The van der Waals surface area contributed by atoms with Gasteiger partial charge in [-0.2, -0.15) is 0 Å². The highest BCUT2D eigenvalue weighted by Gasteiger charge is 2.03. The average Bonchev–Trinajstić information content (AvgIpc) is 2.86. The van der Waals surface area contributed by atoms with E-state index in [1.807, 2.05) is 60.7 Å². The van der Waals surface area contributed by atoms with Crippen LogP contribution in [0.3, 0.4) is 0 Å². The van der Waals surface area contributed by atoms with Crippen LogP contribution in [-0.4, -0.2) is 40.0 Å². The highest BCUT2D eigenvalue weighted by Crippen LogP contribution is 2.23. The molecule has 3 rings (SSSR count). The van der Waals surface area contributed by atoms with Gasteiger partial charge in [-0.1, -0.05) is 48.5 Å². The molecular formula is C28H30O5. The van der Waals surface area contributed by atoms with E-state index < -0.39 is 5.97 Å². The van der Waals surface area contributed by atoms with Crippen molar-refractivity contribution >= 4 is 12.0 Å². The Hall–Kier alpha value is -3.41. The van der Waals surface area contributed by atoms with Gasteiger partial charge in [0.1, 0.15) is 11.5 Å². The number of esters is 1. The molecule has 0 bridgehead atoms. The lowest BCUT2D eigenvalue weighted by Crippen LogP contribution is -2.03. The molecule has 0 radical (unpaired) electrons. The zero-order valence-electron chi connectivity index (χ0n) is 19.2. The van der Waals surface area contributed by atoms with E-state index in [-0.39, 0.29) is 0 Å². The van der Waals surface area contributed by atoms with Crippen LogP contribution in [0.15, 0.2) is 78.9 Å². The van der Waals surface area contributed by atoms with E-state index in [4.69, 9.17) is 18.9 Å². The van der Waals surface area contributed by atoms with Gasteiger partial charge in [-0.15, -0.1) is 0 Å². The second-order valence-electron chi connectivity index (χ2n) is 7.48. The Balaban J connectivity index is 1.50. The number of ether oxygens (including phenoxy) is 4. The SMILES string of the molecule is COCCCOc1ccc(-c2ccc(/C=C/C(=O)Oc3ccc(CCOC)cc3)cc2)cc1. The minimum Gasteiger partial charge on any atom is -0.494 e. The summed E-state index contributed by atoms with van der Waals surface area (Å²) < 4.78 is 21.2. The van der Waals surface area contributed by atoms with Crippen molar-refractivity contribution in [2.24, 2.45) is 0 Å². The number of methoxy groups -OCH3 is 2. The molecule has 5 heteroatoms. The van der Waals surface area contributed by atoms with Crippen LogP contribution in [0.5, 0.6) is 11.5 Å². The fraction of sp³-hybridized carbons (Fsp3) is 0.250. The molecule has 0 saturated carbocycles. The summed E-state index contributed by atoms with van der Waals surface area (Å²) in [4.78, 5) is 12.1. The summed E-state index contributed by atoms with van der Waals surface area (Å²) in [7, 11) is 3.36. The van der Waals surface area contributed by atoms with Crippen molar-refractivity contribution in [1.29, 1.82) is 0 Å². The van der Waals surface area contributed by atoms with Crippen LogP contribution in [0, 0.1) is 0 Å². The van der Waals surface area contributed by atoms with E-state index in [0.29, 0.717) is 25.6 Å². The zero-order chi connectivity index (χ0) is 23.3. The van der Waals surface area contributed by atoms with Gasteiger partial charge < -0.3 is 18.9 Å². The van der Waals surface area contributed by atoms with Gasteiger partial charge in [-0.3, -0.25) is 0 Å². The van der Waals surface area contributed by atoms with E-state index in [2.05, 4.69) is 0 Å². The Kier molecular flexibility index (Phi) is 9.70. The van der Waals surface area contributed by atoms with Crippen LogP contribution in [0.25, 0.3) is 17.2 Å². The molecule has 0 spiro atoms. The van der Waals surface area contributed by atoms with Crippen molar-refractivity contribution in [2.45, 2.75) is 12.8 Å². The monoisotopic (exact) mass is 446 g/mol. The van der Waals surface area contributed by atoms with Crippen LogP contribution in [0.1, 0.15) is 17.5 Å². The van der Waals surface area contributed by atoms with Gasteiger partial charge in [-0.25, -0.2) is 4.79 Å².